The van der Waals surface area contributed by atoms with Gasteiger partial charge >= 0.3 is 0 Å². The number of aromatic nitrogens is 1. The first kappa shape index (κ1) is 24.6. The third kappa shape index (κ3) is 6.33. The van der Waals surface area contributed by atoms with Crippen LogP contribution in [0.3, 0.4) is 0 Å². The van der Waals surface area contributed by atoms with Gasteiger partial charge in [0.15, 0.2) is 9.84 Å². The van der Waals surface area contributed by atoms with Crippen LogP contribution in [0.4, 0.5) is 0 Å². The molecule has 3 aromatic rings. The Kier molecular flexibility index (Phi) is 8.15. The van der Waals surface area contributed by atoms with Gasteiger partial charge in [-0.3, -0.25) is 4.90 Å². The minimum absolute atomic E-state index is 0.194. The van der Waals surface area contributed by atoms with Gasteiger partial charge in [-0.1, -0.05) is 24.3 Å². The van der Waals surface area contributed by atoms with Crippen LogP contribution < -0.4 is 0 Å². The number of rotatable bonds is 10. The van der Waals surface area contributed by atoms with Crippen molar-refractivity contribution in [2.45, 2.75) is 37.0 Å². The Morgan fingerprint density at radius 2 is 1.68 bits per heavy atom. The van der Waals surface area contributed by atoms with Gasteiger partial charge in [0.05, 0.1) is 30.4 Å². The molecule has 0 unspecified atom stereocenters. The van der Waals surface area contributed by atoms with E-state index in [4.69, 9.17) is 13.9 Å². The fourth-order valence-corrected chi connectivity index (χ4v) is 5.40. The van der Waals surface area contributed by atoms with Gasteiger partial charge in [-0.25, -0.2) is 13.4 Å². The van der Waals surface area contributed by atoms with E-state index in [1.807, 2.05) is 36.4 Å². The van der Waals surface area contributed by atoms with E-state index in [0.29, 0.717) is 28.8 Å². The van der Waals surface area contributed by atoms with E-state index in [2.05, 4.69) is 9.88 Å². The largest absolute Gasteiger partial charge is 0.441 e. The molecule has 4 rings (SSSR count). The van der Waals surface area contributed by atoms with Crippen molar-refractivity contribution in [3.05, 3.63) is 71.1 Å². The van der Waals surface area contributed by atoms with Crippen LogP contribution >= 0.6 is 0 Å². The van der Waals surface area contributed by atoms with E-state index in [1.54, 1.807) is 26.2 Å². The Morgan fingerprint density at radius 3 is 2.35 bits per heavy atom. The first-order valence-electron chi connectivity index (χ1n) is 11.6. The summed E-state index contributed by atoms with van der Waals surface area (Å²) < 4.78 is 42.4. The average molecular weight is 485 g/mol. The van der Waals surface area contributed by atoms with Crippen LogP contribution in [0.25, 0.3) is 11.5 Å². The highest BCUT2D eigenvalue weighted by molar-refractivity contribution is 7.90. The molecule has 0 atom stereocenters. The van der Waals surface area contributed by atoms with Crippen LogP contribution in [-0.2, 0) is 38.1 Å². The normalized spacial score (nSPS) is 15.0. The maximum absolute atomic E-state index is 13.0. The molecule has 0 amide bonds. The van der Waals surface area contributed by atoms with Crippen LogP contribution in [-0.4, -0.2) is 58.3 Å². The molecule has 0 spiro atoms. The van der Waals surface area contributed by atoms with Crippen LogP contribution in [0.15, 0.2) is 57.8 Å². The fourth-order valence-electron chi connectivity index (χ4n) is 4.05. The van der Waals surface area contributed by atoms with E-state index in [-0.39, 0.29) is 5.75 Å². The van der Waals surface area contributed by atoms with Crippen molar-refractivity contribution in [1.82, 2.24) is 9.88 Å². The monoisotopic (exact) mass is 484 g/mol. The minimum Gasteiger partial charge on any atom is -0.441 e. The van der Waals surface area contributed by atoms with Crippen LogP contribution in [0.1, 0.15) is 29.0 Å². The van der Waals surface area contributed by atoms with Crippen molar-refractivity contribution in [3.8, 4) is 11.5 Å². The van der Waals surface area contributed by atoms with Gasteiger partial charge < -0.3 is 13.9 Å². The molecule has 182 valence electrons. The quantitative estimate of drug-likeness (QED) is 0.430. The van der Waals surface area contributed by atoms with Crippen molar-refractivity contribution in [1.29, 1.82) is 0 Å². The van der Waals surface area contributed by atoms with E-state index in [9.17, 15) is 8.42 Å². The standard InChI is InChI=1S/C26H32N2O5S/c1-20-25(27-26(33-20)23-9-5-22(6-10-23)18-31-2)19-34(29,30)24-11-7-21(8-12-24)4-3-13-28-14-16-32-17-15-28/h5-12H,3-4,13-19H2,1-2H3. The van der Waals surface area contributed by atoms with Crippen molar-refractivity contribution >= 4 is 9.84 Å². The molecule has 0 N–H and O–H groups in total. The highest BCUT2D eigenvalue weighted by Crippen LogP contribution is 2.25. The lowest BCUT2D eigenvalue weighted by atomic mass is 10.1. The molecular weight excluding hydrogens is 452 g/mol. The number of aryl methyl sites for hydroxylation is 2. The molecule has 34 heavy (non-hydrogen) atoms. The first-order chi connectivity index (χ1) is 16.4. The van der Waals surface area contributed by atoms with Gasteiger partial charge in [-0.15, -0.1) is 0 Å². The number of oxazole rings is 1. The highest BCUT2D eigenvalue weighted by atomic mass is 32.2. The molecule has 1 aromatic heterocycles. The van der Waals surface area contributed by atoms with Crippen molar-refractivity contribution in [3.63, 3.8) is 0 Å². The highest BCUT2D eigenvalue weighted by Gasteiger charge is 2.21. The second kappa shape index (κ2) is 11.3. The van der Waals surface area contributed by atoms with Gasteiger partial charge in [0.25, 0.3) is 0 Å². The molecule has 0 bridgehead atoms. The SMILES string of the molecule is COCc1ccc(-c2nc(CS(=O)(=O)c3ccc(CCCN4CCOCC4)cc3)c(C)o2)cc1. The van der Waals surface area contributed by atoms with Crippen molar-refractivity contribution < 1.29 is 22.3 Å². The fraction of sp³-hybridized carbons (Fsp3) is 0.423. The first-order valence-corrected chi connectivity index (χ1v) is 13.3. The Bertz CT molecular complexity index is 1160. The zero-order valence-electron chi connectivity index (χ0n) is 19.8. The number of benzene rings is 2. The number of sulfone groups is 1. The number of morpholine rings is 1. The summed E-state index contributed by atoms with van der Waals surface area (Å²) in [5, 5.41) is 0. The number of hydrogen-bond donors (Lipinski definition) is 0. The summed E-state index contributed by atoms with van der Waals surface area (Å²) in [5.41, 5.74) is 3.42. The third-order valence-electron chi connectivity index (χ3n) is 6.06. The molecule has 1 fully saturated rings. The number of ether oxygens (including phenoxy) is 2. The van der Waals surface area contributed by atoms with Crippen LogP contribution in [0.2, 0.25) is 0 Å². The summed E-state index contributed by atoms with van der Waals surface area (Å²) in [6, 6.07) is 14.9. The van der Waals surface area contributed by atoms with Gasteiger partial charge in [0.1, 0.15) is 11.5 Å². The van der Waals surface area contributed by atoms with E-state index < -0.39 is 9.84 Å². The maximum Gasteiger partial charge on any atom is 0.226 e. The van der Waals surface area contributed by atoms with Gasteiger partial charge in [-0.05, 0) is 61.7 Å². The maximum atomic E-state index is 13.0. The Morgan fingerprint density at radius 1 is 1.00 bits per heavy atom. The Balaban J connectivity index is 1.37. The zero-order valence-corrected chi connectivity index (χ0v) is 20.6. The molecular formula is C26H32N2O5S. The molecule has 1 aliphatic rings. The van der Waals surface area contributed by atoms with Crippen LogP contribution in [0.5, 0.6) is 0 Å². The molecule has 0 aliphatic carbocycles. The summed E-state index contributed by atoms with van der Waals surface area (Å²) in [6.07, 6.45) is 1.96. The lowest BCUT2D eigenvalue weighted by Gasteiger charge is -2.26. The lowest BCUT2D eigenvalue weighted by molar-refractivity contribution is 0.0374. The van der Waals surface area contributed by atoms with Crippen molar-refractivity contribution in [2.75, 3.05) is 40.0 Å². The molecule has 2 heterocycles. The zero-order chi connectivity index (χ0) is 24.0. The predicted octanol–water partition coefficient (Wildman–Crippen LogP) is 4.04. The molecule has 1 saturated heterocycles. The smallest absolute Gasteiger partial charge is 0.226 e. The lowest BCUT2D eigenvalue weighted by Crippen LogP contribution is -2.36. The van der Waals surface area contributed by atoms with Gasteiger partial charge in [0, 0.05) is 25.8 Å². The molecule has 0 radical (unpaired) electrons. The van der Waals surface area contributed by atoms with E-state index in [0.717, 1.165) is 62.4 Å². The predicted molar refractivity (Wildman–Crippen MR) is 130 cm³/mol. The summed E-state index contributed by atoms with van der Waals surface area (Å²) in [6.45, 7) is 6.89. The van der Waals surface area contributed by atoms with Gasteiger partial charge in [-0.2, -0.15) is 0 Å². The van der Waals surface area contributed by atoms with E-state index >= 15 is 0 Å². The molecule has 1 aliphatic heterocycles. The average Bonchev–Trinajstić information content (AvgIpc) is 3.20. The second-order valence-electron chi connectivity index (χ2n) is 8.61. The van der Waals surface area contributed by atoms with Crippen LogP contribution in [0, 0.1) is 6.92 Å². The number of hydrogen-bond acceptors (Lipinski definition) is 7. The van der Waals surface area contributed by atoms with Crippen molar-refractivity contribution in [2.24, 2.45) is 0 Å². The third-order valence-corrected chi connectivity index (χ3v) is 7.70. The van der Waals surface area contributed by atoms with E-state index in [1.165, 1.54) is 0 Å². The molecule has 8 heteroatoms. The molecule has 0 saturated carbocycles. The summed E-state index contributed by atoms with van der Waals surface area (Å²) >= 11 is 0. The van der Waals surface area contributed by atoms with Gasteiger partial charge in [0.2, 0.25) is 5.89 Å². The minimum atomic E-state index is -3.53. The Hall–Kier alpha value is -2.52. The Labute approximate surface area is 201 Å². The topological polar surface area (TPSA) is 81.9 Å². The molecule has 2 aromatic carbocycles. The summed E-state index contributed by atoms with van der Waals surface area (Å²) in [4.78, 5) is 7.19. The summed E-state index contributed by atoms with van der Waals surface area (Å²) in [5.74, 6) is 0.738. The molecule has 7 nitrogen and oxygen atoms in total. The number of methoxy groups -OCH3 is 1. The summed E-state index contributed by atoms with van der Waals surface area (Å²) in [7, 11) is -1.88. The number of nitrogens with zero attached hydrogens (tertiary/aromatic N) is 2. The second-order valence-corrected chi connectivity index (χ2v) is 10.6.